The number of rotatable bonds is 6. The Morgan fingerprint density at radius 1 is 1.27 bits per heavy atom. The summed E-state index contributed by atoms with van der Waals surface area (Å²) in [5.41, 5.74) is 4.43. The average Bonchev–Trinajstić information content (AvgIpc) is 3.19. The summed E-state index contributed by atoms with van der Waals surface area (Å²) in [6.07, 6.45) is 2.23. The average molecular weight is 360 g/mol. The van der Waals surface area contributed by atoms with Gasteiger partial charge in [0.15, 0.2) is 0 Å². The van der Waals surface area contributed by atoms with Crippen molar-refractivity contribution in [3.63, 3.8) is 0 Å². The number of carbonyl (C=O) groups excluding carboxylic acids is 1. The Hall–Kier alpha value is -2.15. The maximum atomic E-state index is 13.0. The quantitative estimate of drug-likeness (QED) is 0.856. The Bertz CT molecular complexity index is 772. The first kappa shape index (κ1) is 18.6. The fourth-order valence-corrected chi connectivity index (χ4v) is 3.67. The lowest BCUT2D eigenvalue weighted by atomic mass is 9.99. The highest BCUT2D eigenvalue weighted by Gasteiger charge is 2.31. The molecule has 1 aliphatic heterocycles. The standard InChI is InChI=1S/C19H28N4O3/c1-6-15-14(16(7-2)26-22-15)10-20-19(24)18-13-9-11(4)25-12(5)17(13)21-23(18)8-3/h11-12H,6-10H2,1-5H3,(H,20,24)/t11-,12+/m1/s1. The van der Waals surface area contributed by atoms with E-state index in [9.17, 15) is 4.79 Å². The Labute approximate surface area is 154 Å². The summed E-state index contributed by atoms with van der Waals surface area (Å²) in [5, 5.41) is 11.8. The predicted octanol–water partition coefficient (Wildman–Crippen LogP) is 2.97. The smallest absolute Gasteiger partial charge is 0.270 e. The fourth-order valence-electron chi connectivity index (χ4n) is 3.67. The summed E-state index contributed by atoms with van der Waals surface area (Å²) in [5.74, 6) is 0.732. The molecule has 7 heteroatoms. The van der Waals surface area contributed by atoms with Crippen molar-refractivity contribution in [1.82, 2.24) is 20.3 Å². The van der Waals surface area contributed by atoms with Crippen LogP contribution in [0.1, 0.15) is 79.5 Å². The van der Waals surface area contributed by atoms with E-state index in [-0.39, 0.29) is 18.1 Å². The van der Waals surface area contributed by atoms with Gasteiger partial charge in [-0.1, -0.05) is 19.0 Å². The van der Waals surface area contributed by atoms with E-state index < -0.39 is 0 Å². The van der Waals surface area contributed by atoms with Crippen LogP contribution in [0.4, 0.5) is 0 Å². The molecule has 0 bridgehead atoms. The minimum absolute atomic E-state index is 0.0787. The van der Waals surface area contributed by atoms with Crippen LogP contribution >= 0.6 is 0 Å². The summed E-state index contributed by atoms with van der Waals surface area (Å²) in [7, 11) is 0. The maximum absolute atomic E-state index is 13.0. The van der Waals surface area contributed by atoms with Gasteiger partial charge in [0.1, 0.15) is 11.5 Å². The van der Waals surface area contributed by atoms with Crippen LogP contribution in [0.15, 0.2) is 4.52 Å². The van der Waals surface area contributed by atoms with Crippen LogP contribution in [-0.2, 0) is 37.1 Å². The van der Waals surface area contributed by atoms with Crippen molar-refractivity contribution < 1.29 is 14.1 Å². The number of amides is 1. The molecule has 0 saturated heterocycles. The molecule has 2 aromatic rings. The lowest BCUT2D eigenvalue weighted by Gasteiger charge is -2.24. The van der Waals surface area contributed by atoms with Crippen LogP contribution in [0, 0.1) is 0 Å². The van der Waals surface area contributed by atoms with Crippen molar-refractivity contribution in [2.75, 3.05) is 0 Å². The molecule has 1 aliphatic rings. The monoisotopic (exact) mass is 360 g/mol. The fraction of sp³-hybridized carbons (Fsp3) is 0.632. The first-order chi connectivity index (χ1) is 12.5. The molecule has 1 N–H and O–H groups in total. The molecule has 0 spiro atoms. The van der Waals surface area contributed by atoms with Crippen LogP contribution in [0.5, 0.6) is 0 Å². The third-order valence-corrected chi connectivity index (χ3v) is 4.94. The molecule has 3 heterocycles. The van der Waals surface area contributed by atoms with Crippen LogP contribution in [0.3, 0.4) is 0 Å². The number of aromatic nitrogens is 3. The predicted molar refractivity (Wildman–Crippen MR) is 97.0 cm³/mol. The SMILES string of the molecule is CCc1noc(CC)c1CNC(=O)c1c2c(nn1CC)[C@H](C)O[C@H](C)C2. The molecule has 7 nitrogen and oxygen atoms in total. The van der Waals surface area contributed by atoms with E-state index >= 15 is 0 Å². The van der Waals surface area contributed by atoms with Crippen LogP contribution in [0.2, 0.25) is 0 Å². The van der Waals surface area contributed by atoms with Gasteiger partial charge in [0.05, 0.1) is 23.6 Å². The Balaban J connectivity index is 1.86. The second kappa shape index (κ2) is 7.61. The summed E-state index contributed by atoms with van der Waals surface area (Å²) >= 11 is 0. The molecular weight excluding hydrogens is 332 g/mol. The van der Waals surface area contributed by atoms with Gasteiger partial charge in [0.25, 0.3) is 5.91 Å². The number of hydrogen-bond acceptors (Lipinski definition) is 5. The minimum atomic E-state index is -0.104. The van der Waals surface area contributed by atoms with Crippen LogP contribution < -0.4 is 5.32 Å². The van der Waals surface area contributed by atoms with Crippen molar-refractivity contribution in [2.45, 2.75) is 79.2 Å². The van der Waals surface area contributed by atoms with Gasteiger partial charge in [-0.15, -0.1) is 0 Å². The van der Waals surface area contributed by atoms with E-state index in [4.69, 9.17) is 9.26 Å². The van der Waals surface area contributed by atoms with E-state index in [1.165, 1.54) is 0 Å². The molecule has 2 atom stereocenters. The zero-order valence-electron chi connectivity index (χ0n) is 16.3. The van der Waals surface area contributed by atoms with Gasteiger partial charge in [-0.25, -0.2) is 0 Å². The van der Waals surface area contributed by atoms with Crippen molar-refractivity contribution in [1.29, 1.82) is 0 Å². The van der Waals surface area contributed by atoms with Gasteiger partial charge in [0, 0.05) is 37.1 Å². The van der Waals surface area contributed by atoms with Gasteiger partial charge in [-0.2, -0.15) is 5.10 Å². The minimum Gasteiger partial charge on any atom is -0.369 e. The zero-order chi connectivity index (χ0) is 18.8. The van der Waals surface area contributed by atoms with Crippen molar-refractivity contribution in [3.8, 4) is 0 Å². The Kier molecular flexibility index (Phi) is 5.46. The largest absolute Gasteiger partial charge is 0.369 e. The highest BCUT2D eigenvalue weighted by atomic mass is 16.5. The third-order valence-electron chi connectivity index (χ3n) is 4.94. The van der Waals surface area contributed by atoms with Gasteiger partial charge in [-0.05, 0) is 27.2 Å². The maximum Gasteiger partial charge on any atom is 0.270 e. The third kappa shape index (κ3) is 3.28. The molecule has 0 aliphatic carbocycles. The molecule has 0 fully saturated rings. The van der Waals surface area contributed by atoms with Gasteiger partial charge >= 0.3 is 0 Å². The molecule has 0 radical (unpaired) electrons. The summed E-state index contributed by atoms with van der Waals surface area (Å²) in [4.78, 5) is 13.0. The summed E-state index contributed by atoms with van der Waals surface area (Å²) in [6.45, 7) is 11.1. The van der Waals surface area contributed by atoms with Crippen molar-refractivity contribution in [2.24, 2.45) is 0 Å². The van der Waals surface area contributed by atoms with E-state index in [1.54, 1.807) is 4.68 Å². The van der Waals surface area contributed by atoms with E-state index in [1.807, 2.05) is 34.6 Å². The first-order valence-electron chi connectivity index (χ1n) is 9.49. The summed E-state index contributed by atoms with van der Waals surface area (Å²) in [6, 6.07) is 0. The van der Waals surface area contributed by atoms with Gasteiger partial charge in [-0.3, -0.25) is 9.48 Å². The normalized spacial score (nSPS) is 19.4. The number of fused-ring (bicyclic) bond motifs is 1. The van der Waals surface area contributed by atoms with Crippen molar-refractivity contribution in [3.05, 3.63) is 34.0 Å². The van der Waals surface area contributed by atoms with Crippen molar-refractivity contribution >= 4 is 5.91 Å². The lowest BCUT2D eigenvalue weighted by molar-refractivity contribution is -0.00712. The Morgan fingerprint density at radius 3 is 2.69 bits per heavy atom. The van der Waals surface area contributed by atoms with Gasteiger partial charge in [0.2, 0.25) is 0 Å². The molecule has 0 saturated carbocycles. The van der Waals surface area contributed by atoms with E-state index in [2.05, 4.69) is 15.6 Å². The second-order valence-electron chi connectivity index (χ2n) is 6.74. The highest BCUT2D eigenvalue weighted by molar-refractivity contribution is 5.94. The van der Waals surface area contributed by atoms with Crippen LogP contribution in [-0.4, -0.2) is 26.9 Å². The number of hydrogen-bond donors (Lipinski definition) is 1. The van der Waals surface area contributed by atoms with Crippen LogP contribution in [0.25, 0.3) is 0 Å². The molecule has 3 rings (SSSR count). The molecule has 2 aromatic heterocycles. The summed E-state index contributed by atoms with van der Waals surface area (Å²) < 4.78 is 13.0. The number of nitrogens with zero attached hydrogens (tertiary/aromatic N) is 3. The number of nitrogens with one attached hydrogen (secondary N) is 1. The number of carbonyl (C=O) groups is 1. The molecule has 142 valence electrons. The first-order valence-corrected chi connectivity index (χ1v) is 9.49. The molecule has 1 amide bonds. The molecule has 26 heavy (non-hydrogen) atoms. The number of ether oxygens (including phenoxy) is 1. The molecular formula is C19H28N4O3. The molecule has 0 unspecified atom stereocenters. The zero-order valence-corrected chi connectivity index (χ0v) is 16.3. The number of aryl methyl sites for hydroxylation is 3. The topological polar surface area (TPSA) is 82.2 Å². The second-order valence-corrected chi connectivity index (χ2v) is 6.74. The molecule has 0 aromatic carbocycles. The highest BCUT2D eigenvalue weighted by Crippen LogP contribution is 2.31. The van der Waals surface area contributed by atoms with Gasteiger partial charge < -0.3 is 14.6 Å². The Morgan fingerprint density at radius 2 is 2.04 bits per heavy atom. The lowest BCUT2D eigenvalue weighted by Crippen LogP contribution is -2.29. The van der Waals surface area contributed by atoms with E-state index in [0.717, 1.165) is 41.1 Å². The van der Waals surface area contributed by atoms with E-state index in [0.29, 0.717) is 25.2 Å².